The van der Waals surface area contributed by atoms with Crippen molar-refractivity contribution in [2.24, 2.45) is 0 Å². The molecule has 0 aromatic heterocycles. The molecule has 0 saturated carbocycles. The van der Waals surface area contributed by atoms with E-state index in [9.17, 15) is 18.0 Å². The van der Waals surface area contributed by atoms with E-state index >= 15 is 0 Å². The number of alkyl halides is 3. The molecule has 4 rings (SSSR count). The summed E-state index contributed by atoms with van der Waals surface area (Å²) in [6.45, 7) is 8.57. The van der Waals surface area contributed by atoms with E-state index in [1.165, 1.54) is 23.4 Å². The molecule has 9 heteroatoms. The van der Waals surface area contributed by atoms with E-state index in [1.807, 2.05) is 4.90 Å². The molecule has 2 aromatic carbocycles. The van der Waals surface area contributed by atoms with Gasteiger partial charge < -0.3 is 15.1 Å². The third kappa shape index (κ3) is 8.06. The van der Waals surface area contributed by atoms with Crippen molar-refractivity contribution in [3.8, 4) is 0 Å². The molecule has 0 radical (unpaired) electrons. The fourth-order valence-electron chi connectivity index (χ4n) is 4.86. The van der Waals surface area contributed by atoms with Crippen LogP contribution < -0.4 is 10.2 Å². The zero-order valence-corrected chi connectivity index (χ0v) is 21.6. The Kier molecular flexibility index (Phi) is 9.06. The Morgan fingerprint density at radius 1 is 0.944 bits per heavy atom. The predicted molar refractivity (Wildman–Crippen MR) is 141 cm³/mol. The molecule has 5 nitrogen and oxygen atoms in total. The summed E-state index contributed by atoms with van der Waals surface area (Å²) in [6, 6.07) is 15.3. The summed E-state index contributed by atoms with van der Waals surface area (Å²) in [5.41, 5.74) is -0.899. The van der Waals surface area contributed by atoms with Gasteiger partial charge in [0.1, 0.15) is 0 Å². The van der Waals surface area contributed by atoms with Crippen molar-refractivity contribution in [2.45, 2.75) is 49.1 Å². The van der Waals surface area contributed by atoms with Crippen LogP contribution in [0.15, 0.2) is 53.4 Å². The Balaban J connectivity index is 1.11. The number of thioether (sulfide) groups is 1. The van der Waals surface area contributed by atoms with Gasteiger partial charge in [0.15, 0.2) is 0 Å². The first-order valence-electron chi connectivity index (χ1n) is 12.7. The Hall–Kier alpha value is -2.39. The zero-order valence-electron chi connectivity index (χ0n) is 20.8. The smallest absolute Gasteiger partial charge is 0.382 e. The number of benzene rings is 2. The van der Waals surface area contributed by atoms with Crippen molar-refractivity contribution in [3.05, 3.63) is 54.1 Å². The minimum absolute atomic E-state index is 0.103. The summed E-state index contributed by atoms with van der Waals surface area (Å²) in [5, 5.41) is 3.40. The number of piperazine rings is 1. The normalized spacial score (nSPS) is 17.9. The molecule has 1 N–H and O–H groups in total. The number of aryl methyl sites for hydroxylation is 1. The lowest BCUT2D eigenvalue weighted by Crippen LogP contribution is -2.47. The van der Waals surface area contributed by atoms with E-state index in [-0.39, 0.29) is 28.6 Å². The summed E-state index contributed by atoms with van der Waals surface area (Å²) in [6.07, 6.45) is 3.13. The minimum Gasteiger partial charge on any atom is -0.382 e. The summed E-state index contributed by atoms with van der Waals surface area (Å²) in [5.74, 6) is 0.222. The summed E-state index contributed by atoms with van der Waals surface area (Å²) >= 11 is -0.103. The van der Waals surface area contributed by atoms with Gasteiger partial charge in [0, 0.05) is 68.0 Å². The van der Waals surface area contributed by atoms with Gasteiger partial charge >= 0.3 is 5.51 Å². The highest BCUT2D eigenvalue weighted by molar-refractivity contribution is 8.00. The molecule has 36 heavy (non-hydrogen) atoms. The summed E-state index contributed by atoms with van der Waals surface area (Å²) in [7, 11) is 0. The first kappa shape index (κ1) is 26.7. The van der Waals surface area contributed by atoms with Crippen LogP contribution in [0.25, 0.3) is 0 Å². The highest BCUT2D eigenvalue weighted by Gasteiger charge is 2.29. The topological polar surface area (TPSA) is 38.8 Å². The number of hydrogen-bond donors (Lipinski definition) is 1. The van der Waals surface area contributed by atoms with E-state index < -0.39 is 5.51 Å². The standard InChI is InChI=1S/C27H35F3N4OS/c1-21-4-8-24(9-5-21)33-19-17-32(18-20-33)14-2-3-26(35)34-15-12-23(13-16-34)31-22-6-10-25(11-7-22)36-27(28,29)30/h4-11,23,31H,2-3,12-20H2,1H3. The lowest BCUT2D eigenvalue weighted by Gasteiger charge is -2.36. The molecule has 0 unspecified atom stereocenters. The number of carbonyl (C=O) groups excluding carboxylic acids is 1. The fraction of sp³-hybridized carbons (Fsp3) is 0.519. The average Bonchev–Trinajstić information content (AvgIpc) is 2.86. The van der Waals surface area contributed by atoms with E-state index in [0.29, 0.717) is 19.5 Å². The predicted octanol–water partition coefficient (Wildman–Crippen LogP) is 5.61. The Morgan fingerprint density at radius 3 is 2.19 bits per heavy atom. The maximum absolute atomic E-state index is 12.7. The van der Waals surface area contributed by atoms with Gasteiger partial charge in [-0.05, 0) is 80.9 Å². The number of anilines is 2. The Bertz CT molecular complexity index is 968. The number of carbonyl (C=O) groups is 1. The lowest BCUT2D eigenvalue weighted by molar-refractivity contribution is -0.132. The first-order valence-corrected chi connectivity index (χ1v) is 13.5. The van der Waals surface area contributed by atoms with Gasteiger partial charge in [-0.15, -0.1) is 0 Å². The second-order valence-electron chi connectivity index (χ2n) is 9.64. The van der Waals surface area contributed by atoms with Crippen LogP contribution in [0, 0.1) is 6.92 Å². The monoisotopic (exact) mass is 520 g/mol. The van der Waals surface area contributed by atoms with Gasteiger partial charge in [0.2, 0.25) is 5.91 Å². The third-order valence-electron chi connectivity index (χ3n) is 6.94. The summed E-state index contributed by atoms with van der Waals surface area (Å²) < 4.78 is 37.4. The van der Waals surface area contributed by atoms with Crippen molar-refractivity contribution >= 4 is 29.0 Å². The number of amides is 1. The number of rotatable bonds is 8. The Labute approximate surface area is 216 Å². The van der Waals surface area contributed by atoms with Crippen LogP contribution in [0.4, 0.5) is 24.5 Å². The minimum atomic E-state index is -4.27. The molecule has 2 fully saturated rings. The molecule has 196 valence electrons. The van der Waals surface area contributed by atoms with Crippen LogP contribution in [-0.2, 0) is 4.79 Å². The first-order chi connectivity index (χ1) is 17.2. The van der Waals surface area contributed by atoms with Gasteiger partial charge in [-0.25, -0.2) is 0 Å². The summed E-state index contributed by atoms with van der Waals surface area (Å²) in [4.78, 5) is 19.7. The number of piperidine rings is 1. The molecule has 2 saturated heterocycles. The molecule has 2 aliphatic rings. The molecule has 0 atom stereocenters. The van der Waals surface area contributed by atoms with Crippen LogP contribution in [0.5, 0.6) is 0 Å². The lowest BCUT2D eigenvalue weighted by atomic mass is 10.0. The van der Waals surface area contributed by atoms with Crippen LogP contribution in [0.3, 0.4) is 0 Å². The van der Waals surface area contributed by atoms with E-state index in [1.54, 1.807) is 12.1 Å². The third-order valence-corrected chi connectivity index (χ3v) is 7.68. The van der Waals surface area contributed by atoms with Crippen LogP contribution in [0.1, 0.15) is 31.2 Å². The molecule has 1 amide bonds. The van der Waals surface area contributed by atoms with Gasteiger partial charge in [-0.1, -0.05) is 17.7 Å². The molecule has 0 bridgehead atoms. The maximum atomic E-state index is 12.7. The largest absolute Gasteiger partial charge is 0.446 e. The number of nitrogens with zero attached hydrogens (tertiary/aromatic N) is 3. The number of nitrogens with one attached hydrogen (secondary N) is 1. The molecule has 0 spiro atoms. The number of halogens is 3. The molecular formula is C27H35F3N4OS. The number of hydrogen-bond acceptors (Lipinski definition) is 5. The molecule has 2 heterocycles. The van der Waals surface area contributed by atoms with Crippen molar-refractivity contribution in [1.82, 2.24) is 9.80 Å². The molecule has 2 aliphatic heterocycles. The van der Waals surface area contributed by atoms with Crippen LogP contribution in [0.2, 0.25) is 0 Å². The quantitative estimate of drug-likeness (QED) is 0.458. The SMILES string of the molecule is Cc1ccc(N2CCN(CCCC(=O)N3CCC(Nc4ccc(SC(F)(F)F)cc4)CC3)CC2)cc1. The van der Waals surface area contributed by atoms with Gasteiger partial charge in [-0.3, -0.25) is 9.69 Å². The van der Waals surface area contributed by atoms with E-state index in [0.717, 1.165) is 57.7 Å². The molecule has 2 aromatic rings. The highest BCUT2D eigenvalue weighted by atomic mass is 32.2. The Morgan fingerprint density at radius 2 is 1.58 bits per heavy atom. The van der Waals surface area contributed by atoms with Gasteiger partial charge in [0.25, 0.3) is 0 Å². The molecular weight excluding hydrogens is 485 g/mol. The molecule has 0 aliphatic carbocycles. The second-order valence-corrected chi connectivity index (χ2v) is 10.8. The van der Waals surface area contributed by atoms with Crippen molar-refractivity contribution in [1.29, 1.82) is 0 Å². The van der Waals surface area contributed by atoms with Gasteiger partial charge in [-0.2, -0.15) is 13.2 Å². The zero-order chi connectivity index (χ0) is 25.5. The van der Waals surface area contributed by atoms with E-state index in [4.69, 9.17) is 0 Å². The van der Waals surface area contributed by atoms with Crippen molar-refractivity contribution < 1.29 is 18.0 Å². The van der Waals surface area contributed by atoms with Crippen LogP contribution >= 0.6 is 11.8 Å². The van der Waals surface area contributed by atoms with E-state index in [2.05, 4.69) is 46.3 Å². The average molecular weight is 521 g/mol. The van der Waals surface area contributed by atoms with Crippen molar-refractivity contribution in [2.75, 3.05) is 56.0 Å². The second kappa shape index (κ2) is 12.2. The maximum Gasteiger partial charge on any atom is 0.446 e. The van der Waals surface area contributed by atoms with Gasteiger partial charge in [0.05, 0.1) is 0 Å². The number of likely N-dealkylation sites (tertiary alicyclic amines) is 1. The van der Waals surface area contributed by atoms with Crippen LogP contribution in [-0.4, -0.2) is 73.1 Å². The highest BCUT2D eigenvalue weighted by Crippen LogP contribution is 2.37. The van der Waals surface area contributed by atoms with Crippen molar-refractivity contribution in [3.63, 3.8) is 0 Å². The fourth-order valence-corrected chi connectivity index (χ4v) is 5.40.